The van der Waals surface area contributed by atoms with Gasteiger partial charge in [0.1, 0.15) is 37.7 Å². The summed E-state index contributed by atoms with van der Waals surface area (Å²) in [7, 11) is 0. The topological polar surface area (TPSA) is 41.4 Å². The Hall–Kier alpha value is -1.30. The summed E-state index contributed by atoms with van der Waals surface area (Å²) >= 11 is 0. The van der Waals surface area contributed by atoms with Crippen LogP contribution in [0.5, 0.6) is 11.5 Å². The zero-order chi connectivity index (χ0) is 15.6. The van der Waals surface area contributed by atoms with Crippen molar-refractivity contribution in [3.05, 3.63) is 24.3 Å². The Balaban J connectivity index is 1.56. The second kappa shape index (κ2) is 9.66. The van der Waals surface area contributed by atoms with Gasteiger partial charge in [-0.15, -0.1) is 0 Å². The van der Waals surface area contributed by atoms with Gasteiger partial charge >= 0.3 is 0 Å². The van der Waals surface area contributed by atoms with E-state index in [1.165, 1.54) is 0 Å². The molecule has 1 aliphatic heterocycles. The Morgan fingerprint density at radius 1 is 1.09 bits per heavy atom. The van der Waals surface area contributed by atoms with Gasteiger partial charge in [0.15, 0.2) is 0 Å². The van der Waals surface area contributed by atoms with Crippen molar-refractivity contribution in [1.29, 1.82) is 0 Å². The van der Waals surface area contributed by atoms with E-state index in [1.807, 2.05) is 38.1 Å². The van der Waals surface area contributed by atoms with E-state index in [0.29, 0.717) is 13.2 Å². The number of benzene rings is 1. The lowest BCUT2D eigenvalue weighted by Gasteiger charge is -2.23. The van der Waals surface area contributed by atoms with E-state index < -0.39 is 0 Å². The third kappa shape index (κ3) is 6.64. The summed E-state index contributed by atoms with van der Waals surface area (Å²) in [6.07, 6.45) is 0.168. The minimum atomic E-state index is 0.168. The van der Waals surface area contributed by atoms with Crippen molar-refractivity contribution < 1.29 is 23.8 Å². The molecule has 124 valence electrons. The summed E-state index contributed by atoms with van der Waals surface area (Å²) in [4.78, 5) is 1.56. The van der Waals surface area contributed by atoms with Crippen LogP contribution in [0.4, 0.5) is 0 Å². The minimum Gasteiger partial charge on any atom is -0.491 e. The van der Waals surface area contributed by atoms with Gasteiger partial charge in [-0.25, -0.2) is 0 Å². The van der Waals surface area contributed by atoms with E-state index in [1.54, 1.807) is 4.90 Å². The molecule has 0 aromatic heterocycles. The highest BCUT2D eigenvalue weighted by Crippen LogP contribution is 2.20. The van der Waals surface area contributed by atoms with Gasteiger partial charge in [-0.3, -0.25) is 0 Å². The Morgan fingerprint density at radius 2 is 1.86 bits per heavy atom. The van der Waals surface area contributed by atoms with E-state index in [2.05, 4.69) is 0 Å². The molecule has 2 rings (SSSR count). The van der Waals surface area contributed by atoms with Gasteiger partial charge in [-0.1, -0.05) is 6.07 Å². The van der Waals surface area contributed by atoms with Gasteiger partial charge in [0.05, 0.1) is 32.5 Å². The minimum absolute atomic E-state index is 0.168. The molecule has 5 heteroatoms. The third-order valence-electron chi connectivity index (χ3n) is 3.47. The van der Waals surface area contributed by atoms with E-state index in [0.717, 1.165) is 51.0 Å². The molecular weight excluding hydrogens is 282 g/mol. The number of hydrogen-bond donors (Lipinski definition) is 1. The average Bonchev–Trinajstić information content (AvgIpc) is 2.51. The first-order valence-corrected chi connectivity index (χ1v) is 8.12. The highest BCUT2D eigenvalue weighted by Gasteiger charge is 2.12. The van der Waals surface area contributed by atoms with Crippen molar-refractivity contribution in [3.63, 3.8) is 0 Å². The van der Waals surface area contributed by atoms with Crippen molar-refractivity contribution in [2.45, 2.75) is 20.0 Å². The van der Waals surface area contributed by atoms with Crippen molar-refractivity contribution in [3.8, 4) is 11.5 Å². The Labute approximate surface area is 133 Å². The van der Waals surface area contributed by atoms with Crippen LogP contribution in [0.2, 0.25) is 0 Å². The number of nitrogens with one attached hydrogen (secondary N) is 1. The molecule has 1 saturated heterocycles. The van der Waals surface area contributed by atoms with Crippen molar-refractivity contribution >= 4 is 0 Å². The summed E-state index contributed by atoms with van der Waals surface area (Å²) in [6.45, 7) is 10.9. The highest BCUT2D eigenvalue weighted by molar-refractivity contribution is 5.33. The number of quaternary nitrogens is 1. The molecule has 0 bridgehead atoms. The van der Waals surface area contributed by atoms with E-state index in [-0.39, 0.29) is 6.10 Å². The molecule has 0 amide bonds. The molecule has 0 spiro atoms. The second-order valence-corrected chi connectivity index (χ2v) is 5.71. The number of morpholine rings is 1. The lowest BCUT2D eigenvalue weighted by molar-refractivity contribution is -0.908. The summed E-state index contributed by atoms with van der Waals surface area (Å²) in [5, 5.41) is 0. The maximum Gasteiger partial charge on any atom is 0.123 e. The standard InChI is InChI=1S/C17H27NO4/c1-15(2)22-17-5-3-4-16(14-17)21-13-12-20-11-8-18-6-9-19-10-7-18/h3-5,14-15H,6-13H2,1-2H3/p+1. The fourth-order valence-electron chi connectivity index (χ4n) is 2.36. The molecular formula is C17H28NO4+. The maximum atomic E-state index is 5.69. The predicted molar refractivity (Wildman–Crippen MR) is 84.9 cm³/mol. The molecule has 1 aromatic rings. The van der Waals surface area contributed by atoms with Crippen LogP contribution in [0.1, 0.15) is 13.8 Å². The monoisotopic (exact) mass is 310 g/mol. The fraction of sp³-hybridized carbons (Fsp3) is 0.647. The zero-order valence-electron chi connectivity index (χ0n) is 13.7. The van der Waals surface area contributed by atoms with Crippen LogP contribution in [-0.4, -0.2) is 58.8 Å². The zero-order valence-corrected chi connectivity index (χ0v) is 13.7. The summed E-state index contributed by atoms with van der Waals surface area (Å²) in [6, 6.07) is 7.73. The van der Waals surface area contributed by atoms with Crippen LogP contribution in [0.3, 0.4) is 0 Å². The number of ether oxygens (including phenoxy) is 4. The Kier molecular flexibility index (Phi) is 7.49. The first-order valence-electron chi connectivity index (χ1n) is 8.12. The van der Waals surface area contributed by atoms with Gasteiger partial charge < -0.3 is 23.8 Å². The van der Waals surface area contributed by atoms with Gasteiger partial charge in [-0.2, -0.15) is 0 Å². The van der Waals surface area contributed by atoms with Crippen LogP contribution in [-0.2, 0) is 9.47 Å². The molecule has 1 N–H and O–H groups in total. The van der Waals surface area contributed by atoms with Crippen LogP contribution in [0, 0.1) is 0 Å². The molecule has 1 aliphatic rings. The predicted octanol–water partition coefficient (Wildman–Crippen LogP) is 0.784. The van der Waals surface area contributed by atoms with Crippen molar-refractivity contribution in [2.24, 2.45) is 0 Å². The van der Waals surface area contributed by atoms with Gasteiger partial charge in [0, 0.05) is 6.07 Å². The van der Waals surface area contributed by atoms with Gasteiger partial charge in [0.25, 0.3) is 0 Å². The van der Waals surface area contributed by atoms with E-state index in [4.69, 9.17) is 18.9 Å². The molecule has 22 heavy (non-hydrogen) atoms. The lowest BCUT2D eigenvalue weighted by atomic mass is 10.3. The SMILES string of the molecule is CC(C)Oc1cccc(OCCOCC[NH+]2CCOCC2)c1. The summed E-state index contributed by atoms with van der Waals surface area (Å²) in [5.74, 6) is 1.66. The molecule has 0 unspecified atom stereocenters. The number of rotatable bonds is 9. The molecule has 0 radical (unpaired) electrons. The van der Waals surface area contributed by atoms with Crippen LogP contribution >= 0.6 is 0 Å². The quantitative estimate of drug-likeness (QED) is 0.685. The largest absolute Gasteiger partial charge is 0.491 e. The average molecular weight is 310 g/mol. The molecule has 0 atom stereocenters. The molecule has 1 aromatic carbocycles. The smallest absolute Gasteiger partial charge is 0.123 e. The van der Waals surface area contributed by atoms with Gasteiger partial charge in [-0.05, 0) is 26.0 Å². The second-order valence-electron chi connectivity index (χ2n) is 5.71. The first kappa shape index (κ1) is 17.1. The number of hydrogen-bond acceptors (Lipinski definition) is 4. The Bertz CT molecular complexity index is 419. The maximum absolute atomic E-state index is 5.69. The molecule has 0 saturated carbocycles. The van der Waals surface area contributed by atoms with Crippen LogP contribution < -0.4 is 14.4 Å². The summed E-state index contributed by atoms with van der Waals surface area (Å²) in [5.41, 5.74) is 0. The normalized spacial score (nSPS) is 16.0. The molecule has 0 aliphatic carbocycles. The third-order valence-corrected chi connectivity index (χ3v) is 3.47. The first-order chi connectivity index (χ1) is 10.7. The highest BCUT2D eigenvalue weighted by atomic mass is 16.5. The molecule has 5 nitrogen and oxygen atoms in total. The van der Waals surface area contributed by atoms with Crippen LogP contribution in [0.15, 0.2) is 24.3 Å². The molecule has 1 fully saturated rings. The van der Waals surface area contributed by atoms with Crippen LogP contribution in [0.25, 0.3) is 0 Å². The fourth-order valence-corrected chi connectivity index (χ4v) is 2.36. The van der Waals surface area contributed by atoms with E-state index in [9.17, 15) is 0 Å². The molecule has 1 heterocycles. The van der Waals surface area contributed by atoms with Crippen molar-refractivity contribution in [1.82, 2.24) is 0 Å². The van der Waals surface area contributed by atoms with E-state index >= 15 is 0 Å². The lowest BCUT2D eigenvalue weighted by Crippen LogP contribution is -3.14. The van der Waals surface area contributed by atoms with Gasteiger partial charge in [0.2, 0.25) is 0 Å². The Morgan fingerprint density at radius 3 is 2.64 bits per heavy atom. The van der Waals surface area contributed by atoms with Crippen molar-refractivity contribution in [2.75, 3.05) is 52.7 Å². The summed E-state index contributed by atoms with van der Waals surface area (Å²) < 4.78 is 22.3.